The van der Waals surface area contributed by atoms with Crippen LogP contribution in [0.15, 0.2) is 17.0 Å². The van der Waals surface area contributed by atoms with Gasteiger partial charge in [-0.2, -0.15) is 23.5 Å². The molecule has 134 valence electrons. The smallest absolute Gasteiger partial charge is 0.382 e. The lowest BCUT2D eigenvalue weighted by atomic mass is 10.2. The van der Waals surface area contributed by atoms with E-state index in [2.05, 4.69) is 5.10 Å². The number of nitrogens with two attached hydrogens (primary N) is 1. The quantitative estimate of drug-likeness (QED) is 0.831. The van der Waals surface area contributed by atoms with Crippen LogP contribution < -0.4 is 5.73 Å². The Labute approximate surface area is 150 Å². The largest absolute Gasteiger partial charge is 0.419 e. The van der Waals surface area contributed by atoms with E-state index < -0.39 is 48.0 Å². The second-order valence-corrected chi connectivity index (χ2v) is 7.80. The standard InChI is InChI=1S/C13H9Cl2F3N4O2S/c1-2-25(23,24)11-9(5-19)21-22(12(11)20)6-3-7(14)10(8(15)4-6)13(16,17)18/h3-4H,2,20H2,1H3. The van der Waals surface area contributed by atoms with Crippen molar-refractivity contribution in [3.05, 3.63) is 33.4 Å². The molecule has 0 spiro atoms. The number of rotatable bonds is 3. The first-order chi connectivity index (χ1) is 11.4. The Kier molecular flexibility index (Phi) is 4.96. The van der Waals surface area contributed by atoms with Crippen molar-refractivity contribution in [2.75, 3.05) is 11.5 Å². The summed E-state index contributed by atoms with van der Waals surface area (Å²) in [7, 11) is -3.89. The van der Waals surface area contributed by atoms with Gasteiger partial charge < -0.3 is 5.73 Å². The topological polar surface area (TPSA) is 102 Å². The summed E-state index contributed by atoms with van der Waals surface area (Å²) in [4.78, 5) is -0.496. The Morgan fingerprint density at radius 1 is 1.32 bits per heavy atom. The normalized spacial score (nSPS) is 12.2. The van der Waals surface area contributed by atoms with E-state index in [1.165, 1.54) is 6.92 Å². The first-order valence-corrected chi connectivity index (χ1v) is 8.92. The Balaban J connectivity index is 2.76. The molecule has 0 bridgehead atoms. The van der Waals surface area contributed by atoms with Gasteiger partial charge in [-0.25, -0.2) is 13.1 Å². The number of hydrogen-bond donors (Lipinski definition) is 1. The molecule has 1 aromatic carbocycles. The van der Waals surface area contributed by atoms with Crippen molar-refractivity contribution in [1.82, 2.24) is 9.78 Å². The van der Waals surface area contributed by atoms with E-state index in [-0.39, 0.29) is 11.4 Å². The van der Waals surface area contributed by atoms with Crippen LogP contribution in [0.25, 0.3) is 5.69 Å². The van der Waals surface area contributed by atoms with E-state index in [0.717, 1.165) is 16.8 Å². The van der Waals surface area contributed by atoms with Gasteiger partial charge in [-0.3, -0.25) is 0 Å². The van der Waals surface area contributed by atoms with Crippen LogP contribution in [-0.2, 0) is 16.0 Å². The number of halogens is 5. The Bertz CT molecular complexity index is 971. The van der Waals surface area contributed by atoms with Crippen LogP contribution in [0.4, 0.5) is 19.0 Å². The molecule has 2 rings (SSSR count). The third-order valence-corrected chi connectivity index (χ3v) is 5.61. The van der Waals surface area contributed by atoms with Crippen LogP contribution >= 0.6 is 23.2 Å². The SMILES string of the molecule is CCS(=O)(=O)c1c(C#N)nn(-c2cc(Cl)c(C(F)(F)F)c(Cl)c2)c1N. The van der Waals surface area contributed by atoms with Crippen molar-refractivity contribution in [2.45, 2.75) is 18.0 Å². The molecule has 2 aromatic rings. The summed E-state index contributed by atoms with van der Waals surface area (Å²) in [5, 5.41) is 11.4. The average molecular weight is 413 g/mol. The molecule has 0 aliphatic rings. The highest BCUT2D eigenvalue weighted by atomic mass is 35.5. The van der Waals surface area contributed by atoms with Crippen LogP contribution in [0.5, 0.6) is 0 Å². The summed E-state index contributed by atoms with van der Waals surface area (Å²) in [5.41, 5.74) is 3.92. The summed E-state index contributed by atoms with van der Waals surface area (Å²) >= 11 is 11.3. The van der Waals surface area contributed by atoms with Gasteiger partial charge >= 0.3 is 6.18 Å². The summed E-state index contributed by atoms with van der Waals surface area (Å²) < 4.78 is 63.7. The molecule has 0 atom stereocenters. The van der Waals surface area contributed by atoms with E-state index in [0.29, 0.717) is 0 Å². The van der Waals surface area contributed by atoms with E-state index in [4.69, 9.17) is 34.2 Å². The third-order valence-electron chi connectivity index (χ3n) is 3.23. The van der Waals surface area contributed by atoms with E-state index in [1.54, 1.807) is 6.07 Å². The van der Waals surface area contributed by atoms with Crippen molar-refractivity contribution in [1.29, 1.82) is 5.26 Å². The first-order valence-electron chi connectivity index (χ1n) is 6.52. The molecule has 0 aliphatic carbocycles. The minimum atomic E-state index is -4.78. The number of benzene rings is 1. The van der Waals surface area contributed by atoms with Crippen LogP contribution in [0, 0.1) is 11.3 Å². The molecule has 0 aliphatic heterocycles. The zero-order valence-electron chi connectivity index (χ0n) is 12.4. The molecule has 0 saturated carbocycles. The van der Waals surface area contributed by atoms with Crippen LogP contribution in [0.3, 0.4) is 0 Å². The third kappa shape index (κ3) is 3.40. The number of sulfone groups is 1. The molecule has 0 fully saturated rings. The maximum atomic E-state index is 12.9. The van der Waals surface area contributed by atoms with Gasteiger partial charge in [0.2, 0.25) is 0 Å². The van der Waals surface area contributed by atoms with Gasteiger partial charge in [0.05, 0.1) is 27.0 Å². The van der Waals surface area contributed by atoms with Crippen molar-refractivity contribution in [3.8, 4) is 11.8 Å². The molecular weight excluding hydrogens is 404 g/mol. The minimum Gasteiger partial charge on any atom is -0.382 e. The molecule has 0 amide bonds. The van der Waals surface area contributed by atoms with Gasteiger partial charge in [0, 0.05) is 0 Å². The lowest BCUT2D eigenvalue weighted by Crippen LogP contribution is -2.10. The van der Waals surface area contributed by atoms with Gasteiger partial charge in [-0.15, -0.1) is 0 Å². The first kappa shape index (κ1) is 19.4. The van der Waals surface area contributed by atoms with Crippen molar-refractivity contribution >= 4 is 38.9 Å². The van der Waals surface area contributed by atoms with Crippen LogP contribution in [0.1, 0.15) is 18.2 Å². The van der Waals surface area contributed by atoms with Crippen molar-refractivity contribution in [3.63, 3.8) is 0 Å². The summed E-state index contributed by atoms with van der Waals surface area (Å²) in [5.74, 6) is -0.767. The van der Waals surface area contributed by atoms with Crippen LogP contribution in [0.2, 0.25) is 10.0 Å². The Hall–Kier alpha value is -1.96. The number of aromatic nitrogens is 2. The highest BCUT2D eigenvalue weighted by Crippen LogP contribution is 2.41. The lowest BCUT2D eigenvalue weighted by Gasteiger charge is -2.13. The highest BCUT2D eigenvalue weighted by molar-refractivity contribution is 7.91. The molecule has 0 radical (unpaired) electrons. The maximum Gasteiger partial charge on any atom is 0.419 e. The molecule has 12 heteroatoms. The predicted molar refractivity (Wildman–Crippen MR) is 85.4 cm³/mol. The molecule has 1 heterocycles. The van der Waals surface area contributed by atoms with Crippen molar-refractivity contribution in [2.24, 2.45) is 0 Å². The lowest BCUT2D eigenvalue weighted by molar-refractivity contribution is -0.137. The number of anilines is 1. The number of hydrogen-bond acceptors (Lipinski definition) is 5. The summed E-state index contributed by atoms with van der Waals surface area (Å²) in [6.07, 6.45) is -4.78. The number of nitriles is 1. The zero-order valence-corrected chi connectivity index (χ0v) is 14.7. The van der Waals surface area contributed by atoms with Gasteiger partial charge in [0.1, 0.15) is 16.8 Å². The average Bonchev–Trinajstić information content (AvgIpc) is 2.82. The van der Waals surface area contributed by atoms with E-state index in [9.17, 15) is 21.6 Å². The zero-order chi connectivity index (χ0) is 19.2. The Morgan fingerprint density at radius 3 is 2.24 bits per heavy atom. The fourth-order valence-electron chi connectivity index (χ4n) is 2.09. The van der Waals surface area contributed by atoms with Gasteiger partial charge in [-0.1, -0.05) is 30.1 Å². The highest BCUT2D eigenvalue weighted by Gasteiger charge is 2.36. The van der Waals surface area contributed by atoms with E-state index in [1.807, 2.05) is 0 Å². The molecule has 0 unspecified atom stereocenters. The number of nitrogen functional groups attached to an aromatic ring is 1. The fourth-order valence-corrected chi connectivity index (χ4v) is 3.86. The second-order valence-electron chi connectivity index (χ2n) is 4.77. The van der Waals surface area contributed by atoms with Gasteiger partial charge in [0.25, 0.3) is 0 Å². The molecule has 1 aromatic heterocycles. The number of alkyl halides is 3. The Morgan fingerprint density at radius 2 is 1.84 bits per heavy atom. The molecule has 2 N–H and O–H groups in total. The van der Waals surface area contributed by atoms with E-state index >= 15 is 0 Å². The maximum absolute atomic E-state index is 12.9. The molecular formula is C13H9Cl2F3N4O2S. The number of nitrogens with zero attached hydrogens (tertiary/aromatic N) is 3. The molecule has 25 heavy (non-hydrogen) atoms. The van der Waals surface area contributed by atoms with Gasteiger partial charge in [0.15, 0.2) is 15.5 Å². The second kappa shape index (κ2) is 6.40. The summed E-state index contributed by atoms with van der Waals surface area (Å²) in [6.45, 7) is 1.35. The monoisotopic (exact) mass is 412 g/mol. The summed E-state index contributed by atoms with van der Waals surface area (Å²) in [6, 6.07) is 3.35. The fraction of sp³-hybridized carbons (Fsp3) is 0.231. The van der Waals surface area contributed by atoms with Crippen molar-refractivity contribution < 1.29 is 21.6 Å². The molecule has 6 nitrogen and oxygen atoms in total. The minimum absolute atomic E-state index is 0.116. The molecule has 0 saturated heterocycles. The van der Waals surface area contributed by atoms with Crippen LogP contribution in [-0.4, -0.2) is 24.0 Å². The van der Waals surface area contributed by atoms with Gasteiger partial charge in [-0.05, 0) is 12.1 Å². The predicted octanol–water partition coefficient (Wildman–Crippen LogP) is 3.45.